The zero-order valence-corrected chi connectivity index (χ0v) is 12.8. The van der Waals surface area contributed by atoms with E-state index in [9.17, 15) is 5.11 Å². The van der Waals surface area contributed by atoms with Crippen molar-refractivity contribution in [3.05, 3.63) is 41.6 Å². The molecule has 0 radical (unpaired) electrons. The lowest BCUT2D eigenvalue weighted by Gasteiger charge is -2.29. The fourth-order valence-corrected chi connectivity index (χ4v) is 3.86. The number of fused-ring (bicyclic) bond motifs is 1. The Balaban J connectivity index is 2.08. The molecule has 2 heteroatoms. The molecule has 1 heterocycles. The summed E-state index contributed by atoms with van der Waals surface area (Å²) in [5.74, 6) is 0.286. The highest BCUT2D eigenvalue weighted by Crippen LogP contribution is 2.52. The Labute approximate surface area is 120 Å². The Hall–Kier alpha value is -1.41. The Morgan fingerprint density at radius 2 is 1.95 bits per heavy atom. The van der Waals surface area contributed by atoms with Gasteiger partial charge in [0.2, 0.25) is 0 Å². The molecule has 2 atom stereocenters. The molecule has 2 nitrogen and oxygen atoms in total. The van der Waals surface area contributed by atoms with E-state index < -0.39 is 5.60 Å². The number of pyridine rings is 1. The summed E-state index contributed by atoms with van der Waals surface area (Å²) in [6, 6.07) is 10.3. The lowest BCUT2D eigenvalue weighted by Crippen LogP contribution is -2.29. The Morgan fingerprint density at radius 3 is 2.60 bits per heavy atom. The van der Waals surface area contributed by atoms with E-state index in [1.54, 1.807) is 0 Å². The largest absolute Gasteiger partial charge is 0.385 e. The number of nitrogens with zero attached hydrogens (tertiary/aromatic N) is 1. The van der Waals surface area contributed by atoms with Crippen LogP contribution in [0.2, 0.25) is 0 Å². The predicted molar refractivity (Wildman–Crippen MR) is 82.6 cm³/mol. The molecular weight excluding hydrogens is 246 g/mol. The van der Waals surface area contributed by atoms with Gasteiger partial charge in [-0.1, -0.05) is 32.9 Å². The van der Waals surface area contributed by atoms with Gasteiger partial charge in [-0.3, -0.25) is 4.98 Å². The van der Waals surface area contributed by atoms with Gasteiger partial charge in [0, 0.05) is 11.1 Å². The van der Waals surface area contributed by atoms with Crippen LogP contribution < -0.4 is 0 Å². The lowest BCUT2D eigenvalue weighted by atomic mass is 9.83. The first-order valence-electron chi connectivity index (χ1n) is 7.40. The van der Waals surface area contributed by atoms with Crippen LogP contribution in [0.1, 0.15) is 44.9 Å². The monoisotopic (exact) mass is 269 g/mol. The van der Waals surface area contributed by atoms with Gasteiger partial charge in [-0.15, -0.1) is 0 Å². The Kier molecular flexibility index (Phi) is 2.91. The van der Waals surface area contributed by atoms with Crippen LogP contribution in [-0.4, -0.2) is 10.1 Å². The summed E-state index contributed by atoms with van der Waals surface area (Å²) in [5, 5.41) is 12.3. The zero-order chi connectivity index (χ0) is 14.5. The number of rotatable bonds is 1. The minimum Gasteiger partial charge on any atom is -0.385 e. The minimum atomic E-state index is -0.706. The maximum absolute atomic E-state index is 11.2. The van der Waals surface area contributed by atoms with Gasteiger partial charge in [-0.05, 0) is 54.9 Å². The van der Waals surface area contributed by atoms with Crippen LogP contribution >= 0.6 is 0 Å². The van der Waals surface area contributed by atoms with Crippen molar-refractivity contribution >= 4 is 10.9 Å². The molecule has 1 aromatic carbocycles. The van der Waals surface area contributed by atoms with Crippen LogP contribution in [-0.2, 0) is 5.60 Å². The van der Waals surface area contributed by atoms with Gasteiger partial charge in [-0.2, -0.15) is 0 Å². The van der Waals surface area contributed by atoms with Gasteiger partial charge in [-0.25, -0.2) is 0 Å². The number of aliphatic hydroxyl groups is 1. The second-order valence-corrected chi connectivity index (χ2v) is 7.23. The van der Waals surface area contributed by atoms with Crippen molar-refractivity contribution in [2.75, 3.05) is 0 Å². The van der Waals surface area contributed by atoms with Crippen molar-refractivity contribution in [3.63, 3.8) is 0 Å². The number of hydrogen-bond acceptors (Lipinski definition) is 2. The molecule has 0 aliphatic heterocycles. The van der Waals surface area contributed by atoms with Crippen LogP contribution in [0.5, 0.6) is 0 Å². The van der Waals surface area contributed by atoms with Crippen molar-refractivity contribution in [1.29, 1.82) is 0 Å². The fraction of sp³-hybridized carbons (Fsp3) is 0.500. The molecule has 1 aromatic heterocycles. The highest BCUT2D eigenvalue weighted by atomic mass is 16.3. The zero-order valence-electron chi connectivity index (χ0n) is 12.8. The standard InChI is InChI=1S/C18H23NO/c1-12-10-17(3,4)11-18(12,20)15-7-8-16-14(9-15)6-5-13(2)19-16/h5-9,12,20H,10-11H2,1-4H3. The second kappa shape index (κ2) is 4.29. The van der Waals surface area contributed by atoms with E-state index in [0.717, 1.165) is 35.0 Å². The van der Waals surface area contributed by atoms with E-state index in [1.807, 2.05) is 25.1 Å². The van der Waals surface area contributed by atoms with Crippen molar-refractivity contribution in [3.8, 4) is 0 Å². The maximum Gasteiger partial charge on any atom is 0.0927 e. The first-order chi connectivity index (χ1) is 9.30. The average molecular weight is 269 g/mol. The summed E-state index contributed by atoms with van der Waals surface area (Å²) in [6.45, 7) is 8.65. The normalized spacial score (nSPS) is 28.9. The second-order valence-electron chi connectivity index (χ2n) is 7.23. The van der Waals surface area contributed by atoms with E-state index in [4.69, 9.17) is 0 Å². The molecule has 1 fully saturated rings. The van der Waals surface area contributed by atoms with Gasteiger partial charge in [0.15, 0.2) is 0 Å². The molecule has 1 saturated carbocycles. The molecule has 1 aliphatic carbocycles. The fourth-order valence-electron chi connectivity index (χ4n) is 3.86. The number of aromatic nitrogens is 1. The first-order valence-corrected chi connectivity index (χ1v) is 7.40. The van der Waals surface area contributed by atoms with E-state index in [1.165, 1.54) is 0 Å². The highest BCUT2D eigenvalue weighted by molar-refractivity contribution is 5.79. The van der Waals surface area contributed by atoms with Gasteiger partial charge < -0.3 is 5.11 Å². The molecule has 2 unspecified atom stereocenters. The molecule has 0 amide bonds. The Bertz CT molecular complexity index is 662. The summed E-state index contributed by atoms with van der Waals surface area (Å²) >= 11 is 0. The van der Waals surface area contributed by atoms with Gasteiger partial charge in [0.25, 0.3) is 0 Å². The summed E-state index contributed by atoms with van der Waals surface area (Å²) in [7, 11) is 0. The van der Waals surface area contributed by atoms with Crippen LogP contribution in [0.15, 0.2) is 30.3 Å². The average Bonchev–Trinajstić information content (AvgIpc) is 2.58. The van der Waals surface area contributed by atoms with Gasteiger partial charge in [0.05, 0.1) is 11.1 Å². The van der Waals surface area contributed by atoms with Crippen LogP contribution in [0.3, 0.4) is 0 Å². The maximum atomic E-state index is 11.2. The van der Waals surface area contributed by atoms with Crippen LogP contribution in [0.4, 0.5) is 0 Å². The molecule has 1 N–H and O–H groups in total. The lowest BCUT2D eigenvalue weighted by molar-refractivity contribution is -0.000721. The van der Waals surface area contributed by atoms with Gasteiger partial charge >= 0.3 is 0 Å². The van der Waals surface area contributed by atoms with Crippen LogP contribution in [0, 0.1) is 18.3 Å². The molecule has 0 spiro atoms. The summed E-state index contributed by atoms with van der Waals surface area (Å²) in [4.78, 5) is 4.53. The SMILES string of the molecule is Cc1ccc2cc(C3(O)CC(C)(C)CC3C)ccc2n1. The summed E-state index contributed by atoms with van der Waals surface area (Å²) in [5.41, 5.74) is 2.56. The van der Waals surface area contributed by atoms with Crippen LogP contribution in [0.25, 0.3) is 10.9 Å². The number of aryl methyl sites for hydroxylation is 1. The molecule has 0 bridgehead atoms. The van der Waals surface area contributed by atoms with E-state index in [0.29, 0.717) is 0 Å². The third kappa shape index (κ3) is 2.12. The smallest absolute Gasteiger partial charge is 0.0927 e. The number of benzene rings is 1. The first kappa shape index (κ1) is 13.6. The van der Waals surface area contributed by atoms with Gasteiger partial charge in [0.1, 0.15) is 0 Å². The molecule has 3 rings (SSSR count). The molecule has 106 valence electrons. The molecule has 20 heavy (non-hydrogen) atoms. The summed E-state index contributed by atoms with van der Waals surface area (Å²) < 4.78 is 0. The minimum absolute atomic E-state index is 0.203. The van der Waals surface area contributed by atoms with E-state index in [-0.39, 0.29) is 11.3 Å². The van der Waals surface area contributed by atoms with Crippen molar-refractivity contribution in [2.24, 2.45) is 11.3 Å². The van der Waals surface area contributed by atoms with Crippen molar-refractivity contribution < 1.29 is 5.11 Å². The highest BCUT2D eigenvalue weighted by Gasteiger charge is 2.48. The van der Waals surface area contributed by atoms with E-state index in [2.05, 4.69) is 37.9 Å². The quantitative estimate of drug-likeness (QED) is 0.842. The summed E-state index contributed by atoms with van der Waals surface area (Å²) in [6.07, 6.45) is 1.89. The van der Waals surface area contributed by atoms with E-state index >= 15 is 0 Å². The van der Waals surface area contributed by atoms with Crippen molar-refractivity contribution in [1.82, 2.24) is 4.98 Å². The molecular formula is C18H23NO. The topological polar surface area (TPSA) is 33.1 Å². The Morgan fingerprint density at radius 1 is 1.20 bits per heavy atom. The third-order valence-corrected chi connectivity index (χ3v) is 4.75. The molecule has 1 aliphatic rings. The molecule has 0 saturated heterocycles. The number of hydrogen-bond donors (Lipinski definition) is 1. The third-order valence-electron chi connectivity index (χ3n) is 4.75. The van der Waals surface area contributed by atoms with Crippen molar-refractivity contribution in [2.45, 2.75) is 46.1 Å². The molecule has 2 aromatic rings. The predicted octanol–water partition coefficient (Wildman–Crippen LogP) is 4.19.